The molecule has 8 heteroatoms. The molecular formula is C19H14F3N3O2. The molecule has 0 saturated heterocycles. The van der Waals surface area contributed by atoms with E-state index in [9.17, 15) is 18.0 Å². The topological polar surface area (TPSA) is 70.1 Å². The molecule has 0 spiro atoms. The maximum atomic E-state index is 12.3. The molecule has 5 nitrogen and oxygen atoms in total. The van der Waals surface area contributed by atoms with Crippen molar-refractivity contribution in [2.75, 3.05) is 0 Å². The van der Waals surface area contributed by atoms with Crippen molar-refractivity contribution in [3.8, 4) is 17.6 Å². The van der Waals surface area contributed by atoms with Crippen LogP contribution < -0.4 is 10.5 Å². The third-order valence-electron chi connectivity index (χ3n) is 3.82. The Labute approximate surface area is 152 Å². The van der Waals surface area contributed by atoms with Gasteiger partial charge < -0.3 is 10.5 Å². The predicted octanol–water partition coefficient (Wildman–Crippen LogP) is 3.45. The van der Waals surface area contributed by atoms with E-state index >= 15 is 0 Å². The Balaban J connectivity index is 1.98. The number of primary amides is 1. The van der Waals surface area contributed by atoms with Crippen molar-refractivity contribution in [3.05, 3.63) is 59.3 Å². The number of rotatable bonds is 4. The normalized spacial score (nSPS) is 11.1. The van der Waals surface area contributed by atoms with E-state index in [0.717, 1.165) is 0 Å². The molecule has 3 rings (SSSR count). The predicted molar refractivity (Wildman–Crippen MR) is 93.0 cm³/mol. The van der Waals surface area contributed by atoms with Crippen LogP contribution in [-0.4, -0.2) is 22.1 Å². The smallest absolute Gasteiger partial charge is 0.406 e. The number of halogens is 3. The van der Waals surface area contributed by atoms with Crippen molar-refractivity contribution in [2.45, 2.75) is 19.8 Å². The lowest BCUT2D eigenvalue weighted by molar-refractivity contribution is -0.274. The number of benzene rings is 2. The van der Waals surface area contributed by atoms with Crippen LogP contribution in [0.3, 0.4) is 0 Å². The number of nitrogens with two attached hydrogens (primary N) is 1. The molecule has 0 unspecified atom stereocenters. The Bertz CT molecular complexity index is 1060. The second kappa shape index (κ2) is 7.03. The Morgan fingerprint density at radius 3 is 2.52 bits per heavy atom. The number of hydrogen-bond donors (Lipinski definition) is 1. The van der Waals surface area contributed by atoms with Crippen molar-refractivity contribution < 1.29 is 22.7 Å². The molecule has 3 aromatic rings. The largest absolute Gasteiger partial charge is 0.573 e. The standard InChI is InChI=1S/C19H14F3N3O2/c1-2-3-13-6-9-15(18(23)26)17-16(13)10-24-25(17)11-12-4-7-14(8-5-12)27-19(20,21)22/h4-10H,11H2,1H3,(H2,23,26). The van der Waals surface area contributed by atoms with E-state index in [1.165, 1.54) is 24.3 Å². The Hall–Kier alpha value is -3.47. The molecule has 0 fully saturated rings. The Morgan fingerprint density at radius 2 is 1.93 bits per heavy atom. The summed E-state index contributed by atoms with van der Waals surface area (Å²) in [5.41, 5.74) is 7.67. The zero-order valence-electron chi connectivity index (χ0n) is 14.2. The number of hydrogen-bond acceptors (Lipinski definition) is 3. The lowest BCUT2D eigenvalue weighted by atomic mass is 10.1. The van der Waals surface area contributed by atoms with E-state index in [2.05, 4.69) is 21.7 Å². The highest BCUT2D eigenvalue weighted by Gasteiger charge is 2.30. The number of fused-ring (bicyclic) bond motifs is 1. The van der Waals surface area contributed by atoms with Gasteiger partial charge in [0.15, 0.2) is 0 Å². The van der Waals surface area contributed by atoms with Crippen LogP contribution in [0.1, 0.15) is 28.4 Å². The van der Waals surface area contributed by atoms with Crippen molar-refractivity contribution in [1.29, 1.82) is 0 Å². The fraction of sp³-hybridized carbons (Fsp3) is 0.158. The Kier molecular flexibility index (Phi) is 4.77. The number of amides is 1. The van der Waals surface area contributed by atoms with Crippen molar-refractivity contribution >= 4 is 16.8 Å². The second-order valence-electron chi connectivity index (χ2n) is 5.66. The molecule has 0 aliphatic carbocycles. The molecule has 1 amide bonds. The summed E-state index contributed by atoms with van der Waals surface area (Å²) in [7, 11) is 0. The van der Waals surface area contributed by atoms with Gasteiger partial charge in [-0.15, -0.1) is 19.1 Å². The first-order chi connectivity index (χ1) is 12.8. The summed E-state index contributed by atoms with van der Waals surface area (Å²) in [6.07, 6.45) is -3.16. The molecule has 2 aromatic carbocycles. The summed E-state index contributed by atoms with van der Waals surface area (Å²) < 4.78 is 42.2. The first-order valence-corrected chi connectivity index (χ1v) is 7.84. The molecule has 0 saturated carbocycles. The molecule has 0 aliphatic rings. The van der Waals surface area contributed by atoms with Crippen molar-refractivity contribution in [2.24, 2.45) is 5.73 Å². The fourth-order valence-electron chi connectivity index (χ4n) is 2.73. The average Bonchev–Trinajstić information content (AvgIpc) is 3.00. The van der Waals surface area contributed by atoms with Crippen LogP contribution in [0.4, 0.5) is 13.2 Å². The summed E-state index contributed by atoms with van der Waals surface area (Å²) >= 11 is 0. The molecule has 1 aromatic heterocycles. The first kappa shape index (κ1) is 18.3. The minimum atomic E-state index is -4.74. The molecule has 0 bridgehead atoms. The van der Waals surface area contributed by atoms with Gasteiger partial charge >= 0.3 is 6.36 Å². The number of alkyl halides is 3. The van der Waals surface area contributed by atoms with Gasteiger partial charge in [0.2, 0.25) is 0 Å². The second-order valence-corrected chi connectivity index (χ2v) is 5.66. The molecule has 1 heterocycles. The van der Waals surface area contributed by atoms with E-state index < -0.39 is 12.3 Å². The molecule has 0 aliphatic heterocycles. The van der Waals surface area contributed by atoms with Gasteiger partial charge in [-0.05, 0) is 36.8 Å². The van der Waals surface area contributed by atoms with Gasteiger partial charge in [-0.2, -0.15) is 5.10 Å². The molecule has 0 atom stereocenters. The molecular weight excluding hydrogens is 359 g/mol. The summed E-state index contributed by atoms with van der Waals surface area (Å²) in [4.78, 5) is 11.8. The zero-order chi connectivity index (χ0) is 19.6. The van der Waals surface area contributed by atoms with E-state index in [0.29, 0.717) is 27.6 Å². The van der Waals surface area contributed by atoms with Gasteiger partial charge in [0.05, 0.1) is 23.8 Å². The van der Waals surface area contributed by atoms with Crippen LogP contribution in [0.2, 0.25) is 0 Å². The molecule has 2 N–H and O–H groups in total. The minimum Gasteiger partial charge on any atom is -0.406 e. The quantitative estimate of drug-likeness (QED) is 0.712. The van der Waals surface area contributed by atoms with Crippen LogP contribution in [0.5, 0.6) is 5.75 Å². The number of carbonyl (C=O) groups is 1. The van der Waals surface area contributed by atoms with Crippen LogP contribution >= 0.6 is 0 Å². The highest BCUT2D eigenvalue weighted by molar-refractivity contribution is 6.06. The number of ether oxygens (including phenoxy) is 1. The van der Waals surface area contributed by atoms with E-state index in [-0.39, 0.29) is 12.3 Å². The lowest BCUT2D eigenvalue weighted by Crippen LogP contribution is -2.17. The van der Waals surface area contributed by atoms with Crippen molar-refractivity contribution in [1.82, 2.24) is 9.78 Å². The van der Waals surface area contributed by atoms with E-state index in [1.807, 2.05) is 0 Å². The fourth-order valence-corrected chi connectivity index (χ4v) is 2.73. The molecule has 27 heavy (non-hydrogen) atoms. The van der Waals surface area contributed by atoms with Crippen LogP contribution in [0.25, 0.3) is 10.9 Å². The van der Waals surface area contributed by atoms with Crippen LogP contribution in [-0.2, 0) is 6.54 Å². The minimum absolute atomic E-state index is 0.235. The van der Waals surface area contributed by atoms with Gasteiger partial charge in [0.1, 0.15) is 5.75 Å². The van der Waals surface area contributed by atoms with Gasteiger partial charge in [-0.3, -0.25) is 9.48 Å². The van der Waals surface area contributed by atoms with E-state index in [4.69, 9.17) is 5.73 Å². The maximum absolute atomic E-state index is 12.3. The third-order valence-corrected chi connectivity index (χ3v) is 3.82. The number of nitrogens with zero attached hydrogens (tertiary/aromatic N) is 2. The summed E-state index contributed by atoms with van der Waals surface area (Å²) in [6.45, 7) is 1.93. The summed E-state index contributed by atoms with van der Waals surface area (Å²) in [5.74, 6) is 4.83. The van der Waals surface area contributed by atoms with Gasteiger partial charge in [-0.1, -0.05) is 18.1 Å². The van der Waals surface area contributed by atoms with Gasteiger partial charge in [-0.25, -0.2) is 0 Å². The van der Waals surface area contributed by atoms with Crippen molar-refractivity contribution in [3.63, 3.8) is 0 Å². The SMILES string of the molecule is CC#Cc1ccc(C(N)=O)c2c1cnn2Cc1ccc(OC(F)(F)F)cc1. The molecule has 138 valence electrons. The Morgan fingerprint density at radius 1 is 1.22 bits per heavy atom. The highest BCUT2D eigenvalue weighted by atomic mass is 19.4. The van der Waals surface area contributed by atoms with Gasteiger partial charge in [0.25, 0.3) is 5.91 Å². The summed E-state index contributed by atoms with van der Waals surface area (Å²) in [6, 6.07) is 8.72. The zero-order valence-corrected chi connectivity index (χ0v) is 14.2. The van der Waals surface area contributed by atoms with Crippen LogP contribution in [0, 0.1) is 11.8 Å². The van der Waals surface area contributed by atoms with Crippen LogP contribution in [0.15, 0.2) is 42.6 Å². The third kappa shape index (κ3) is 4.03. The molecule has 0 radical (unpaired) electrons. The first-order valence-electron chi connectivity index (χ1n) is 7.84. The average molecular weight is 373 g/mol. The maximum Gasteiger partial charge on any atom is 0.573 e. The summed E-state index contributed by atoms with van der Waals surface area (Å²) in [5, 5.41) is 4.97. The number of carbonyl (C=O) groups excluding carboxylic acids is 1. The van der Waals surface area contributed by atoms with Gasteiger partial charge in [0, 0.05) is 10.9 Å². The highest BCUT2D eigenvalue weighted by Crippen LogP contribution is 2.25. The van der Waals surface area contributed by atoms with E-state index in [1.54, 1.807) is 29.9 Å². The monoisotopic (exact) mass is 373 g/mol. The lowest BCUT2D eigenvalue weighted by Gasteiger charge is -2.10. The number of aromatic nitrogens is 2.